The van der Waals surface area contributed by atoms with E-state index >= 15 is 0 Å². The van der Waals surface area contributed by atoms with Crippen molar-refractivity contribution in [2.24, 2.45) is 5.73 Å². The third-order valence-corrected chi connectivity index (χ3v) is 5.08. The molecule has 0 radical (unpaired) electrons. The number of thiophene rings is 1. The van der Waals surface area contributed by atoms with Crippen molar-refractivity contribution >= 4 is 27.3 Å². The number of hydrogen-bond donors (Lipinski definition) is 1. The predicted molar refractivity (Wildman–Crippen MR) is 86.2 cm³/mol. The molecule has 3 heteroatoms. The van der Waals surface area contributed by atoms with Crippen LogP contribution < -0.4 is 5.73 Å². The van der Waals surface area contributed by atoms with E-state index in [9.17, 15) is 0 Å². The Bertz CT molecular complexity index is 311. The lowest BCUT2D eigenvalue weighted by Gasteiger charge is -2.09. The van der Waals surface area contributed by atoms with Crippen LogP contribution in [0.2, 0.25) is 0 Å². The summed E-state index contributed by atoms with van der Waals surface area (Å²) in [6.45, 7) is 2.27. The molecule has 2 N–H and O–H groups in total. The predicted octanol–water partition coefficient (Wildman–Crippen LogP) is 6.04. The summed E-state index contributed by atoms with van der Waals surface area (Å²) in [5.41, 5.74) is 6.18. The Kier molecular flexibility index (Phi) is 8.99. The van der Waals surface area contributed by atoms with Gasteiger partial charge in [-0.15, -0.1) is 11.3 Å². The number of rotatable bonds is 10. The molecule has 0 aliphatic heterocycles. The van der Waals surface area contributed by atoms with Crippen LogP contribution in [0.15, 0.2) is 15.9 Å². The van der Waals surface area contributed by atoms with E-state index in [-0.39, 0.29) is 6.04 Å². The van der Waals surface area contributed by atoms with Gasteiger partial charge in [0.1, 0.15) is 0 Å². The lowest BCUT2D eigenvalue weighted by atomic mass is 10.0. The van der Waals surface area contributed by atoms with Gasteiger partial charge < -0.3 is 5.73 Å². The van der Waals surface area contributed by atoms with Gasteiger partial charge in [-0.2, -0.15) is 0 Å². The van der Waals surface area contributed by atoms with Crippen molar-refractivity contribution in [1.29, 1.82) is 0 Å². The first-order valence-corrected chi connectivity index (χ1v) is 8.85. The number of halogens is 1. The summed E-state index contributed by atoms with van der Waals surface area (Å²) in [5.74, 6) is 0. The summed E-state index contributed by atoms with van der Waals surface area (Å²) < 4.78 is 1.18. The van der Waals surface area contributed by atoms with Gasteiger partial charge in [0.2, 0.25) is 0 Å². The van der Waals surface area contributed by atoms with Crippen LogP contribution in [0, 0.1) is 0 Å². The monoisotopic (exact) mass is 331 g/mol. The maximum atomic E-state index is 6.18. The molecule has 1 unspecified atom stereocenters. The van der Waals surface area contributed by atoms with Crippen LogP contribution in [0.1, 0.15) is 75.6 Å². The summed E-state index contributed by atoms with van der Waals surface area (Å²) in [6.07, 6.45) is 12.1. The Morgan fingerprint density at radius 1 is 1.06 bits per heavy atom. The highest BCUT2D eigenvalue weighted by Gasteiger charge is 2.07. The minimum absolute atomic E-state index is 0.237. The zero-order valence-electron chi connectivity index (χ0n) is 11.5. The fraction of sp³-hybridized carbons (Fsp3) is 0.733. The molecule has 0 aliphatic carbocycles. The summed E-state index contributed by atoms with van der Waals surface area (Å²) in [5, 5.41) is 0. The average Bonchev–Trinajstić information content (AvgIpc) is 2.79. The van der Waals surface area contributed by atoms with E-state index in [0.29, 0.717) is 0 Å². The Balaban J connectivity index is 1.97. The average molecular weight is 332 g/mol. The van der Waals surface area contributed by atoms with Gasteiger partial charge in [0, 0.05) is 10.9 Å². The van der Waals surface area contributed by atoms with Gasteiger partial charge in [-0.05, 0) is 34.5 Å². The van der Waals surface area contributed by atoms with E-state index in [2.05, 4.69) is 35.0 Å². The second-order valence-corrected chi connectivity index (χ2v) is 7.51. The van der Waals surface area contributed by atoms with E-state index in [1.807, 2.05) is 0 Å². The van der Waals surface area contributed by atoms with Crippen LogP contribution in [-0.2, 0) is 0 Å². The molecule has 0 amide bonds. The quantitative estimate of drug-likeness (QED) is 0.519. The van der Waals surface area contributed by atoms with Crippen molar-refractivity contribution in [3.05, 3.63) is 20.8 Å². The van der Waals surface area contributed by atoms with E-state index in [1.165, 1.54) is 60.0 Å². The van der Waals surface area contributed by atoms with Crippen LogP contribution in [0.4, 0.5) is 0 Å². The van der Waals surface area contributed by atoms with Crippen LogP contribution >= 0.6 is 27.3 Å². The largest absolute Gasteiger partial charge is 0.323 e. The van der Waals surface area contributed by atoms with Gasteiger partial charge in [-0.25, -0.2) is 0 Å². The minimum atomic E-state index is 0.237. The van der Waals surface area contributed by atoms with Crippen LogP contribution in [0.3, 0.4) is 0 Å². The zero-order chi connectivity index (χ0) is 13.2. The van der Waals surface area contributed by atoms with E-state index in [0.717, 1.165) is 6.42 Å². The lowest BCUT2D eigenvalue weighted by Crippen LogP contribution is -2.08. The van der Waals surface area contributed by atoms with Crippen molar-refractivity contribution in [1.82, 2.24) is 0 Å². The van der Waals surface area contributed by atoms with Crippen LogP contribution in [0.25, 0.3) is 0 Å². The number of unbranched alkanes of at least 4 members (excludes halogenated alkanes) is 7. The summed E-state index contributed by atoms with van der Waals surface area (Å²) in [7, 11) is 0. The molecule has 0 aromatic carbocycles. The second-order valence-electron chi connectivity index (χ2n) is 5.01. The molecule has 0 saturated carbocycles. The molecular formula is C15H26BrNS. The van der Waals surface area contributed by atoms with Gasteiger partial charge in [0.25, 0.3) is 0 Å². The van der Waals surface area contributed by atoms with E-state index in [4.69, 9.17) is 5.73 Å². The first-order valence-electron chi connectivity index (χ1n) is 7.25. The third-order valence-electron chi connectivity index (χ3n) is 3.33. The zero-order valence-corrected chi connectivity index (χ0v) is 13.9. The first kappa shape index (κ1) is 16.2. The van der Waals surface area contributed by atoms with E-state index in [1.54, 1.807) is 11.3 Å². The summed E-state index contributed by atoms with van der Waals surface area (Å²) in [4.78, 5) is 1.31. The number of nitrogens with two attached hydrogens (primary N) is 1. The molecule has 0 saturated heterocycles. The van der Waals surface area contributed by atoms with Gasteiger partial charge in [-0.1, -0.05) is 58.3 Å². The fourth-order valence-electron chi connectivity index (χ4n) is 2.17. The Morgan fingerprint density at radius 3 is 2.22 bits per heavy atom. The molecule has 1 heterocycles. The molecule has 1 nitrogen and oxygen atoms in total. The molecule has 1 aromatic heterocycles. The molecule has 0 fully saturated rings. The van der Waals surface area contributed by atoms with Crippen molar-refractivity contribution in [2.75, 3.05) is 0 Å². The van der Waals surface area contributed by atoms with Gasteiger partial charge in [0.05, 0.1) is 3.79 Å². The van der Waals surface area contributed by atoms with Gasteiger partial charge in [-0.3, -0.25) is 0 Å². The summed E-state index contributed by atoms with van der Waals surface area (Å²) >= 11 is 5.25. The molecule has 1 atom stereocenters. The fourth-order valence-corrected chi connectivity index (χ4v) is 3.63. The van der Waals surface area contributed by atoms with Crippen molar-refractivity contribution < 1.29 is 0 Å². The van der Waals surface area contributed by atoms with Crippen LogP contribution in [-0.4, -0.2) is 0 Å². The van der Waals surface area contributed by atoms with Gasteiger partial charge >= 0.3 is 0 Å². The third kappa shape index (κ3) is 6.91. The Morgan fingerprint density at radius 2 is 1.67 bits per heavy atom. The van der Waals surface area contributed by atoms with Crippen LogP contribution in [0.5, 0.6) is 0 Å². The topological polar surface area (TPSA) is 26.0 Å². The van der Waals surface area contributed by atoms with Crippen molar-refractivity contribution in [2.45, 2.75) is 70.8 Å². The highest BCUT2D eigenvalue weighted by Crippen LogP contribution is 2.28. The molecule has 0 aliphatic rings. The molecular weight excluding hydrogens is 306 g/mol. The normalized spacial score (nSPS) is 12.8. The minimum Gasteiger partial charge on any atom is -0.323 e. The van der Waals surface area contributed by atoms with Crippen molar-refractivity contribution in [3.63, 3.8) is 0 Å². The molecule has 1 aromatic rings. The first-order chi connectivity index (χ1) is 8.74. The highest BCUT2D eigenvalue weighted by molar-refractivity contribution is 9.11. The smallest absolute Gasteiger partial charge is 0.0701 e. The molecule has 1 rings (SSSR count). The maximum Gasteiger partial charge on any atom is 0.0701 e. The lowest BCUT2D eigenvalue weighted by molar-refractivity contribution is 0.539. The molecule has 0 bridgehead atoms. The SMILES string of the molecule is CCCCCCCCCCC(N)c1ccc(Br)s1. The number of hydrogen-bond acceptors (Lipinski definition) is 2. The van der Waals surface area contributed by atoms with Crippen molar-refractivity contribution in [3.8, 4) is 0 Å². The highest BCUT2D eigenvalue weighted by atomic mass is 79.9. The molecule has 104 valence electrons. The Hall–Kier alpha value is 0.140. The molecule has 0 spiro atoms. The summed E-state index contributed by atoms with van der Waals surface area (Å²) in [6, 6.07) is 4.47. The maximum absolute atomic E-state index is 6.18. The second kappa shape index (κ2) is 9.99. The van der Waals surface area contributed by atoms with E-state index < -0.39 is 0 Å². The molecule has 18 heavy (non-hydrogen) atoms. The Labute approximate surface area is 124 Å². The van der Waals surface area contributed by atoms with Gasteiger partial charge in [0.15, 0.2) is 0 Å². The standard InChI is InChI=1S/C15H26BrNS/c1-2-3-4-5-6-7-8-9-10-13(17)14-11-12-15(16)18-14/h11-13H,2-10,17H2,1H3.